The van der Waals surface area contributed by atoms with Crippen molar-refractivity contribution < 1.29 is 0 Å². The Balaban J connectivity index is 1.39. The molecule has 4 nitrogen and oxygen atoms in total. The molecule has 0 saturated carbocycles. The second kappa shape index (κ2) is 8.81. The van der Waals surface area contributed by atoms with E-state index in [1.807, 2.05) is 42.5 Å². The Bertz CT molecular complexity index is 2650. The molecule has 198 valence electrons. The molecule has 0 spiro atoms. The van der Waals surface area contributed by atoms with Crippen LogP contribution in [0.3, 0.4) is 0 Å². The van der Waals surface area contributed by atoms with Gasteiger partial charge in [-0.15, -0.1) is 11.3 Å². The van der Waals surface area contributed by atoms with Crippen molar-refractivity contribution in [2.24, 2.45) is 0 Å². The Morgan fingerprint density at radius 3 is 1.53 bits per heavy atom. The number of rotatable bonds is 2. The minimum atomic E-state index is 0.361. The average molecular weight is 565 g/mol. The molecule has 0 aliphatic carbocycles. The van der Waals surface area contributed by atoms with E-state index in [-0.39, 0.29) is 0 Å². The quantitative estimate of drug-likeness (QED) is 0.210. The van der Waals surface area contributed by atoms with Crippen molar-refractivity contribution >= 4 is 75.1 Å². The van der Waals surface area contributed by atoms with Crippen LogP contribution in [0.2, 0.25) is 0 Å². The van der Waals surface area contributed by atoms with Crippen LogP contribution in [0.4, 0.5) is 0 Å². The summed E-state index contributed by atoms with van der Waals surface area (Å²) in [6, 6.07) is 46.5. The molecule has 3 aromatic heterocycles. The van der Waals surface area contributed by atoms with E-state index >= 15 is 0 Å². The highest BCUT2D eigenvalue weighted by Crippen LogP contribution is 2.44. The first-order chi connectivity index (χ1) is 21.3. The van der Waals surface area contributed by atoms with Crippen LogP contribution in [0, 0.1) is 22.7 Å². The van der Waals surface area contributed by atoms with Gasteiger partial charge in [0.1, 0.15) is 12.1 Å². The maximum Gasteiger partial charge on any atom is 0.103 e. The van der Waals surface area contributed by atoms with Gasteiger partial charge in [0.25, 0.3) is 0 Å². The number of nitrogens with zero attached hydrogens (tertiary/aromatic N) is 4. The van der Waals surface area contributed by atoms with Crippen molar-refractivity contribution in [3.8, 4) is 23.5 Å². The van der Waals surface area contributed by atoms with E-state index in [1.165, 1.54) is 25.6 Å². The highest BCUT2D eigenvalue weighted by Gasteiger charge is 2.23. The van der Waals surface area contributed by atoms with Gasteiger partial charge in [0, 0.05) is 41.7 Å². The summed E-state index contributed by atoms with van der Waals surface area (Å²) >= 11 is 1.80. The van der Waals surface area contributed by atoms with Gasteiger partial charge in [0.15, 0.2) is 0 Å². The number of hydrogen-bond acceptors (Lipinski definition) is 3. The second-order valence-corrected chi connectivity index (χ2v) is 11.8. The fourth-order valence-electron chi connectivity index (χ4n) is 6.86. The summed E-state index contributed by atoms with van der Waals surface area (Å²) in [4.78, 5) is 0. The number of para-hydroxylation sites is 3. The molecular weight excluding hydrogens is 545 g/mol. The first-order valence-corrected chi connectivity index (χ1v) is 14.9. The number of nitriles is 2. The first-order valence-electron chi connectivity index (χ1n) is 14.1. The minimum absolute atomic E-state index is 0.361. The van der Waals surface area contributed by atoms with Crippen LogP contribution in [0.1, 0.15) is 11.1 Å². The SMILES string of the molecule is N#Cc1c(-n2c3ccccc3c3ccccc32)ccc(-n2c3ccccc3c3c4sc5ccccc5c4ccc32)c1C#N. The second-order valence-electron chi connectivity index (χ2n) is 10.7. The van der Waals surface area contributed by atoms with E-state index in [9.17, 15) is 10.5 Å². The van der Waals surface area contributed by atoms with Crippen LogP contribution in [-0.4, -0.2) is 9.13 Å². The molecule has 0 aliphatic heterocycles. The molecule has 3 heterocycles. The van der Waals surface area contributed by atoms with Crippen LogP contribution < -0.4 is 0 Å². The molecule has 0 amide bonds. The summed E-state index contributed by atoms with van der Waals surface area (Å²) in [5, 5.41) is 28.3. The zero-order valence-corrected chi connectivity index (χ0v) is 23.6. The van der Waals surface area contributed by atoms with E-state index in [2.05, 4.69) is 100 Å². The molecule has 5 heteroatoms. The monoisotopic (exact) mass is 564 g/mol. The van der Waals surface area contributed by atoms with Gasteiger partial charge in [-0.3, -0.25) is 0 Å². The maximum absolute atomic E-state index is 10.7. The molecule has 9 rings (SSSR count). The van der Waals surface area contributed by atoms with Crippen molar-refractivity contribution in [3.63, 3.8) is 0 Å². The lowest BCUT2D eigenvalue weighted by Crippen LogP contribution is -2.05. The van der Waals surface area contributed by atoms with Crippen LogP contribution in [-0.2, 0) is 0 Å². The molecule has 0 atom stereocenters. The van der Waals surface area contributed by atoms with Crippen molar-refractivity contribution in [1.29, 1.82) is 10.5 Å². The van der Waals surface area contributed by atoms with Gasteiger partial charge in [-0.25, -0.2) is 0 Å². The van der Waals surface area contributed by atoms with Crippen molar-refractivity contribution in [3.05, 3.63) is 132 Å². The van der Waals surface area contributed by atoms with Gasteiger partial charge in [-0.05, 0) is 42.5 Å². The summed E-state index contributed by atoms with van der Waals surface area (Å²) in [5.74, 6) is 0. The van der Waals surface area contributed by atoms with Gasteiger partial charge in [0.05, 0.1) is 44.6 Å². The molecule has 0 N–H and O–H groups in total. The minimum Gasteiger partial charge on any atom is -0.308 e. The number of fused-ring (bicyclic) bond motifs is 10. The van der Waals surface area contributed by atoms with Crippen LogP contribution in [0.5, 0.6) is 0 Å². The summed E-state index contributed by atoms with van der Waals surface area (Å²) in [7, 11) is 0. The fraction of sp³-hybridized carbons (Fsp3) is 0. The maximum atomic E-state index is 10.7. The van der Waals surface area contributed by atoms with Crippen LogP contribution >= 0.6 is 11.3 Å². The molecule has 0 aliphatic rings. The largest absolute Gasteiger partial charge is 0.308 e. The zero-order valence-electron chi connectivity index (χ0n) is 22.7. The highest BCUT2D eigenvalue weighted by atomic mass is 32.1. The number of hydrogen-bond donors (Lipinski definition) is 0. The molecule has 6 aromatic carbocycles. The molecule has 0 saturated heterocycles. The van der Waals surface area contributed by atoms with Gasteiger partial charge < -0.3 is 9.13 Å². The van der Waals surface area contributed by atoms with Gasteiger partial charge in [0.2, 0.25) is 0 Å². The lowest BCUT2D eigenvalue weighted by molar-refractivity contribution is 1.12. The van der Waals surface area contributed by atoms with Crippen molar-refractivity contribution in [1.82, 2.24) is 9.13 Å². The normalized spacial score (nSPS) is 11.7. The van der Waals surface area contributed by atoms with E-state index < -0.39 is 0 Å². The molecule has 0 bridgehead atoms. The molecule has 0 unspecified atom stereocenters. The Labute approximate surface area is 250 Å². The molecule has 0 radical (unpaired) electrons. The average Bonchev–Trinajstić information content (AvgIpc) is 3.71. The lowest BCUT2D eigenvalue weighted by Gasteiger charge is -2.16. The topological polar surface area (TPSA) is 57.4 Å². The van der Waals surface area contributed by atoms with E-state index in [0.717, 1.165) is 38.2 Å². The summed E-state index contributed by atoms with van der Waals surface area (Å²) in [5.41, 5.74) is 6.16. The summed E-state index contributed by atoms with van der Waals surface area (Å²) in [6.07, 6.45) is 0. The Morgan fingerprint density at radius 2 is 0.930 bits per heavy atom. The third-order valence-electron chi connectivity index (χ3n) is 8.63. The fourth-order valence-corrected chi connectivity index (χ4v) is 8.12. The highest BCUT2D eigenvalue weighted by molar-refractivity contribution is 7.26. The Kier molecular flexibility index (Phi) is 4.87. The standard InChI is InChI=1S/C38H20N4S/c39-21-28-29(22-40)34(20-19-33(28)41-30-13-5-1-9-23(30)24-10-2-6-14-31(24)41)42-32-15-7-3-12-27(32)37-35(42)18-17-26-25-11-4-8-16-36(25)43-38(26)37/h1-20H. The Hall–Kier alpha value is -5.88. The van der Waals surface area contributed by atoms with Crippen molar-refractivity contribution in [2.45, 2.75) is 0 Å². The van der Waals surface area contributed by atoms with E-state index in [4.69, 9.17) is 0 Å². The third kappa shape index (κ3) is 3.12. The molecule has 0 fully saturated rings. The third-order valence-corrected chi connectivity index (χ3v) is 9.83. The predicted molar refractivity (Wildman–Crippen MR) is 177 cm³/mol. The van der Waals surface area contributed by atoms with Gasteiger partial charge in [-0.2, -0.15) is 10.5 Å². The number of benzene rings is 6. The van der Waals surface area contributed by atoms with Gasteiger partial charge in [-0.1, -0.05) is 78.9 Å². The predicted octanol–water partition coefficient (Wildman–Crippen LogP) is 9.99. The molecule has 43 heavy (non-hydrogen) atoms. The zero-order chi connectivity index (χ0) is 28.7. The number of thiophene rings is 1. The Morgan fingerprint density at radius 1 is 0.442 bits per heavy atom. The first kappa shape index (κ1) is 23.8. The summed E-state index contributed by atoms with van der Waals surface area (Å²) < 4.78 is 6.75. The molecule has 9 aromatic rings. The van der Waals surface area contributed by atoms with E-state index in [1.54, 1.807) is 11.3 Å². The molecular formula is C38H20N4S. The van der Waals surface area contributed by atoms with Crippen LogP contribution in [0.15, 0.2) is 121 Å². The van der Waals surface area contributed by atoms with Gasteiger partial charge >= 0.3 is 0 Å². The summed E-state index contributed by atoms with van der Waals surface area (Å²) in [6.45, 7) is 0. The number of aromatic nitrogens is 2. The van der Waals surface area contributed by atoms with E-state index in [0.29, 0.717) is 22.5 Å². The smallest absolute Gasteiger partial charge is 0.103 e. The van der Waals surface area contributed by atoms with Crippen LogP contribution in [0.25, 0.3) is 75.2 Å². The lowest BCUT2D eigenvalue weighted by atomic mass is 10.0. The van der Waals surface area contributed by atoms with Crippen molar-refractivity contribution in [2.75, 3.05) is 0 Å².